The maximum Gasteiger partial charge on any atom is 0.416 e. The van der Waals surface area contributed by atoms with E-state index in [-0.39, 0.29) is 19.1 Å². The highest BCUT2D eigenvalue weighted by molar-refractivity contribution is 6.69. The van der Waals surface area contributed by atoms with Crippen LogP contribution in [0.5, 0.6) is 0 Å². The van der Waals surface area contributed by atoms with Gasteiger partial charge in [-0.1, -0.05) is 42.5 Å². The fourth-order valence-corrected chi connectivity index (χ4v) is 5.22. The summed E-state index contributed by atoms with van der Waals surface area (Å²) in [5.41, 5.74) is -0.781. The zero-order valence-electron chi connectivity index (χ0n) is 17.9. The van der Waals surface area contributed by atoms with E-state index >= 15 is 0 Å². The zero-order chi connectivity index (χ0) is 21.9. The molecule has 0 aromatic heterocycles. The summed E-state index contributed by atoms with van der Waals surface area (Å²) in [5.74, 6) is -1.56. The van der Waals surface area contributed by atoms with E-state index < -0.39 is 37.8 Å². The average molecular weight is 432 g/mol. The molecule has 2 aliphatic rings. The number of methoxy groups -OCH3 is 1. The summed E-state index contributed by atoms with van der Waals surface area (Å²) in [4.78, 5) is 40.5. The van der Waals surface area contributed by atoms with Gasteiger partial charge in [-0.25, -0.2) is 9.69 Å². The highest BCUT2D eigenvalue weighted by Crippen LogP contribution is 2.48. The topological polar surface area (TPSA) is 82.1 Å². The fraction of sp³-hybridized carbons (Fsp3) is 0.500. The predicted octanol–water partition coefficient (Wildman–Crippen LogP) is 3.51. The summed E-state index contributed by atoms with van der Waals surface area (Å²) < 4.78 is 16.8. The molecule has 0 unspecified atom stereocenters. The van der Waals surface area contributed by atoms with Crippen LogP contribution < -0.4 is 0 Å². The molecular weight excluding hydrogens is 402 g/mol. The summed E-state index contributed by atoms with van der Waals surface area (Å²) in [6.45, 7) is 6.25. The Morgan fingerprint density at radius 3 is 2.53 bits per heavy atom. The molecule has 3 atom stereocenters. The van der Waals surface area contributed by atoms with Crippen LogP contribution in [0.1, 0.15) is 18.4 Å². The number of piperidine rings is 1. The second-order valence-electron chi connectivity index (χ2n) is 8.66. The third-order valence-electron chi connectivity index (χ3n) is 5.55. The lowest BCUT2D eigenvalue weighted by Crippen LogP contribution is -2.66. The van der Waals surface area contributed by atoms with Crippen LogP contribution in [0, 0.1) is 11.3 Å². The van der Waals surface area contributed by atoms with Gasteiger partial charge in [0.2, 0.25) is 0 Å². The number of esters is 1. The normalized spacial score (nSPS) is 26.1. The molecule has 2 amide bonds. The molecule has 0 radical (unpaired) electrons. The summed E-state index contributed by atoms with van der Waals surface area (Å²) in [7, 11) is -0.913. The van der Waals surface area contributed by atoms with E-state index in [2.05, 4.69) is 0 Å². The lowest BCUT2D eigenvalue weighted by Gasteiger charge is -2.49. The van der Waals surface area contributed by atoms with Crippen LogP contribution in [0.3, 0.4) is 0 Å². The van der Waals surface area contributed by atoms with Crippen molar-refractivity contribution in [3.05, 3.63) is 48.0 Å². The van der Waals surface area contributed by atoms with Crippen molar-refractivity contribution in [2.24, 2.45) is 11.3 Å². The molecule has 0 N–H and O–H groups in total. The molecule has 1 aliphatic carbocycles. The van der Waals surface area contributed by atoms with Crippen LogP contribution in [-0.4, -0.2) is 50.9 Å². The molecule has 3 rings (SSSR count). The van der Waals surface area contributed by atoms with E-state index in [1.165, 1.54) is 7.11 Å². The lowest BCUT2D eigenvalue weighted by atomic mass is 9.63. The van der Waals surface area contributed by atoms with E-state index in [4.69, 9.17) is 13.9 Å². The van der Waals surface area contributed by atoms with Crippen LogP contribution in [-0.2, 0) is 30.1 Å². The van der Waals surface area contributed by atoms with Gasteiger partial charge in [-0.3, -0.25) is 9.59 Å². The minimum atomic E-state index is -2.13. The highest BCUT2D eigenvalue weighted by Gasteiger charge is 2.64. The van der Waals surface area contributed by atoms with Gasteiger partial charge in [0.05, 0.1) is 13.2 Å². The van der Waals surface area contributed by atoms with Gasteiger partial charge in [0.25, 0.3) is 5.91 Å². The summed E-state index contributed by atoms with van der Waals surface area (Å²) in [6, 6.07) is 9.29. The Labute approximate surface area is 178 Å². The maximum atomic E-state index is 13.7. The molecule has 1 fully saturated rings. The molecular formula is C22H29NO6Si. The molecule has 8 heteroatoms. The Bertz CT molecular complexity index is 834. The van der Waals surface area contributed by atoms with E-state index in [1.807, 2.05) is 56.0 Å². The van der Waals surface area contributed by atoms with Crippen molar-refractivity contribution in [3.63, 3.8) is 0 Å². The molecule has 1 saturated heterocycles. The third-order valence-corrected chi connectivity index (χ3v) is 6.51. The third kappa shape index (κ3) is 4.20. The number of imide groups is 1. The minimum Gasteiger partial charge on any atom is -0.460 e. The Kier molecular flexibility index (Phi) is 6.47. The van der Waals surface area contributed by atoms with Crippen LogP contribution in [0.15, 0.2) is 42.5 Å². The van der Waals surface area contributed by atoms with Crippen LogP contribution >= 0.6 is 0 Å². The highest BCUT2D eigenvalue weighted by atomic mass is 28.4. The number of hydrogen-bond donors (Lipinski definition) is 0. The number of hydrogen-bond acceptors (Lipinski definition) is 6. The number of carbonyl (C=O) groups is 3. The van der Waals surface area contributed by atoms with Crippen molar-refractivity contribution in [1.82, 2.24) is 4.90 Å². The molecule has 0 bridgehead atoms. The van der Waals surface area contributed by atoms with Gasteiger partial charge in [0.15, 0.2) is 13.7 Å². The number of ether oxygens (including phenoxy) is 2. The first-order valence-electron chi connectivity index (χ1n) is 10.2. The standard InChI is InChI=1S/C22H29NO6Si/c1-27-21(26)23-14-13-17-11-8-12-18(29-30(2,3)4)22(17,19(23)24)20(25)28-15-16-9-6-5-7-10-16/h5-10,12,17-18H,11,13-15H2,1-4H3/t17-,18+,22-/m0/s1. The summed E-state index contributed by atoms with van der Waals surface area (Å²) in [5, 5.41) is 0. The van der Waals surface area contributed by atoms with E-state index in [9.17, 15) is 14.4 Å². The lowest BCUT2D eigenvalue weighted by molar-refractivity contribution is -0.182. The molecule has 1 aromatic rings. The van der Waals surface area contributed by atoms with Gasteiger partial charge in [0, 0.05) is 6.54 Å². The van der Waals surface area contributed by atoms with Crippen LogP contribution in [0.4, 0.5) is 4.79 Å². The molecule has 1 heterocycles. The molecule has 7 nitrogen and oxygen atoms in total. The van der Waals surface area contributed by atoms with Gasteiger partial charge in [-0.15, -0.1) is 0 Å². The summed E-state index contributed by atoms with van der Waals surface area (Å²) >= 11 is 0. The first-order chi connectivity index (χ1) is 14.2. The van der Waals surface area contributed by atoms with E-state index in [1.54, 1.807) is 6.08 Å². The Morgan fingerprint density at radius 2 is 1.90 bits per heavy atom. The SMILES string of the molecule is COC(=O)N1CC[C@@H]2CC=C[C@@H](O[Si](C)(C)C)[C@]2(C(=O)OCc2ccccc2)C1=O. The smallest absolute Gasteiger partial charge is 0.416 e. The van der Waals surface area contributed by atoms with Gasteiger partial charge in [0.1, 0.15) is 6.61 Å². The Hall–Kier alpha value is -2.45. The van der Waals surface area contributed by atoms with Crippen molar-refractivity contribution in [1.29, 1.82) is 0 Å². The van der Waals surface area contributed by atoms with Gasteiger partial charge < -0.3 is 13.9 Å². The average Bonchev–Trinajstić information content (AvgIpc) is 2.71. The molecule has 1 aromatic carbocycles. The number of carbonyl (C=O) groups excluding carboxylic acids is 3. The number of rotatable bonds is 5. The van der Waals surface area contributed by atoms with E-state index in [0.717, 1.165) is 10.5 Å². The molecule has 0 spiro atoms. The van der Waals surface area contributed by atoms with Crippen molar-refractivity contribution in [3.8, 4) is 0 Å². The number of allylic oxidation sites excluding steroid dienone is 1. The number of nitrogens with zero attached hydrogens (tertiary/aromatic N) is 1. The minimum absolute atomic E-state index is 0.0447. The largest absolute Gasteiger partial charge is 0.460 e. The van der Waals surface area contributed by atoms with Crippen molar-refractivity contribution in [2.75, 3.05) is 13.7 Å². The van der Waals surface area contributed by atoms with Crippen LogP contribution in [0.25, 0.3) is 0 Å². The number of benzene rings is 1. The van der Waals surface area contributed by atoms with E-state index in [0.29, 0.717) is 12.8 Å². The number of likely N-dealkylation sites (tertiary alicyclic amines) is 1. The van der Waals surface area contributed by atoms with Gasteiger partial charge >= 0.3 is 12.1 Å². The van der Waals surface area contributed by atoms with Crippen molar-refractivity contribution >= 4 is 26.3 Å². The van der Waals surface area contributed by atoms with Crippen molar-refractivity contribution < 1.29 is 28.3 Å². The monoisotopic (exact) mass is 431 g/mol. The number of fused-ring (bicyclic) bond motifs is 1. The quantitative estimate of drug-likeness (QED) is 0.307. The molecule has 1 aliphatic heterocycles. The van der Waals surface area contributed by atoms with Crippen LogP contribution in [0.2, 0.25) is 19.6 Å². The Morgan fingerprint density at radius 1 is 1.20 bits per heavy atom. The second kappa shape index (κ2) is 8.73. The fourth-order valence-electron chi connectivity index (χ4n) is 4.20. The predicted molar refractivity (Wildman–Crippen MR) is 113 cm³/mol. The van der Waals surface area contributed by atoms with Crippen molar-refractivity contribution in [2.45, 2.75) is 45.2 Å². The second-order valence-corrected chi connectivity index (χ2v) is 13.1. The Balaban J connectivity index is 2.00. The van der Waals surface area contributed by atoms with Gasteiger partial charge in [-0.05, 0) is 44.0 Å². The summed E-state index contributed by atoms with van der Waals surface area (Å²) in [6.07, 6.45) is 3.21. The zero-order valence-corrected chi connectivity index (χ0v) is 18.9. The first kappa shape index (κ1) is 22.2. The number of amides is 2. The molecule has 0 saturated carbocycles. The first-order valence-corrected chi connectivity index (χ1v) is 13.6. The molecule has 30 heavy (non-hydrogen) atoms. The molecule has 162 valence electrons. The maximum absolute atomic E-state index is 13.7. The van der Waals surface area contributed by atoms with Gasteiger partial charge in [-0.2, -0.15) is 0 Å².